The molecule has 0 unspecified atom stereocenters. The van der Waals surface area contributed by atoms with Crippen molar-refractivity contribution in [2.45, 2.75) is 33.1 Å². The molecule has 1 aromatic carbocycles. The minimum absolute atomic E-state index is 0.138. The number of aliphatic hydroxyl groups excluding tert-OH is 1. The highest BCUT2D eigenvalue weighted by atomic mass is 16.5. The van der Waals surface area contributed by atoms with Gasteiger partial charge >= 0.3 is 0 Å². The number of nitrogens with two attached hydrogens (primary N) is 1. The molecule has 0 spiro atoms. The standard InChI is InChI=1S/C16H21N3O2/c1-10(2)15-18-14(17)11(3)16(19-15)21-13-6-4-12(5-7-13)8-9-20/h4-7,10,20H,8-9H2,1-3H3,(H2,17,18,19). The van der Waals surface area contributed by atoms with Crippen LogP contribution in [0.15, 0.2) is 24.3 Å². The van der Waals surface area contributed by atoms with Crippen molar-refractivity contribution in [2.24, 2.45) is 0 Å². The number of rotatable bonds is 5. The summed E-state index contributed by atoms with van der Waals surface area (Å²) in [7, 11) is 0. The Hall–Kier alpha value is -2.14. The molecule has 0 aliphatic carbocycles. The van der Waals surface area contributed by atoms with Crippen molar-refractivity contribution in [3.8, 4) is 11.6 Å². The van der Waals surface area contributed by atoms with Gasteiger partial charge in [0.05, 0.1) is 5.56 Å². The highest BCUT2D eigenvalue weighted by molar-refractivity contribution is 5.46. The fraction of sp³-hybridized carbons (Fsp3) is 0.375. The molecule has 2 rings (SSSR count). The summed E-state index contributed by atoms with van der Waals surface area (Å²) in [6, 6.07) is 7.57. The molecule has 0 radical (unpaired) electrons. The molecule has 3 N–H and O–H groups in total. The Morgan fingerprint density at radius 1 is 1.19 bits per heavy atom. The summed E-state index contributed by atoms with van der Waals surface area (Å²) in [6.45, 7) is 6.00. The summed E-state index contributed by atoms with van der Waals surface area (Å²) >= 11 is 0. The van der Waals surface area contributed by atoms with E-state index in [1.165, 1.54) is 0 Å². The largest absolute Gasteiger partial charge is 0.439 e. The van der Waals surface area contributed by atoms with E-state index in [1.54, 1.807) is 0 Å². The van der Waals surface area contributed by atoms with Gasteiger partial charge in [-0.2, -0.15) is 4.98 Å². The summed E-state index contributed by atoms with van der Waals surface area (Å²) in [6.07, 6.45) is 0.636. The van der Waals surface area contributed by atoms with Crippen LogP contribution in [-0.2, 0) is 6.42 Å². The highest BCUT2D eigenvalue weighted by Crippen LogP contribution is 2.27. The fourth-order valence-electron chi connectivity index (χ4n) is 1.85. The fourth-order valence-corrected chi connectivity index (χ4v) is 1.85. The van der Waals surface area contributed by atoms with Gasteiger partial charge in [0.25, 0.3) is 0 Å². The van der Waals surface area contributed by atoms with Gasteiger partial charge in [-0.1, -0.05) is 26.0 Å². The Balaban J connectivity index is 2.26. The Labute approximate surface area is 124 Å². The summed E-state index contributed by atoms with van der Waals surface area (Å²) in [5.41, 5.74) is 7.71. The van der Waals surface area contributed by atoms with Gasteiger partial charge in [0.2, 0.25) is 5.88 Å². The molecule has 5 heteroatoms. The van der Waals surface area contributed by atoms with Crippen LogP contribution in [0.3, 0.4) is 0 Å². The highest BCUT2D eigenvalue weighted by Gasteiger charge is 2.13. The molecule has 0 saturated heterocycles. The molecule has 0 saturated carbocycles. The number of ether oxygens (including phenoxy) is 1. The molecule has 0 atom stereocenters. The van der Waals surface area contributed by atoms with Crippen molar-refractivity contribution < 1.29 is 9.84 Å². The topological polar surface area (TPSA) is 81.3 Å². The van der Waals surface area contributed by atoms with E-state index >= 15 is 0 Å². The van der Waals surface area contributed by atoms with Gasteiger partial charge in [-0.15, -0.1) is 0 Å². The summed E-state index contributed by atoms with van der Waals surface area (Å²) in [5, 5.41) is 8.91. The lowest BCUT2D eigenvalue weighted by Gasteiger charge is -2.12. The number of benzene rings is 1. The third kappa shape index (κ3) is 3.70. The number of anilines is 1. The molecule has 5 nitrogen and oxygen atoms in total. The van der Waals surface area contributed by atoms with Gasteiger partial charge in [-0.25, -0.2) is 4.98 Å². The van der Waals surface area contributed by atoms with Crippen LogP contribution in [0.1, 0.15) is 36.7 Å². The third-order valence-corrected chi connectivity index (χ3v) is 3.21. The SMILES string of the molecule is Cc1c(N)nc(C(C)C)nc1Oc1ccc(CCO)cc1. The molecule has 0 amide bonds. The molecule has 112 valence electrons. The molecule has 1 heterocycles. The van der Waals surface area contributed by atoms with E-state index in [0.717, 1.165) is 11.1 Å². The number of hydrogen-bond acceptors (Lipinski definition) is 5. The van der Waals surface area contributed by atoms with Crippen LogP contribution in [0.4, 0.5) is 5.82 Å². The lowest BCUT2D eigenvalue weighted by atomic mass is 10.1. The number of hydrogen-bond donors (Lipinski definition) is 2. The normalized spacial score (nSPS) is 10.9. The van der Waals surface area contributed by atoms with Gasteiger partial charge in [0.15, 0.2) is 0 Å². The quantitative estimate of drug-likeness (QED) is 0.883. The third-order valence-electron chi connectivity index (χ3n) is 3.21. The molecule has 2 aromatic rings. The van der Waals surface area contributed by atoms with Crippen molar-refractivity contribution in [3.63, 3.8) is 0 Å². The number of aromatic nitrogens is 2. The summed E-state index contributed by atoms with van der Waals surface area (Å²) in [5.74, 6) is 2.47. The van der Waals surface area contributed by atoms with E-state index in [2.05, 4.69) is 9.97 Å². The maximum atomic E-state index is 8.91. The van der Waals surface area contributed by atoms with Gasteiger partial charge in [-0.05, 0) is 31.0 Å². The van der Waals surface area contributed by atoms with Gasteiger partial charge < -0.3 is 15.6 Å². The number of aliphatic hydroxyl groups is 1. The van der Waals surface area contributed by atoms with E-state index in [0.29, 0.717) is 29.7 Å². The van der Waals surface area contributed by atoms with Crippen molar-refractivity contribution in [2.75, 3.05) is 12.3 Å². The Kier molecular flexibility index (Phi) is 4.75. The second kappa shape index (κ2) is 6.54. The first-order valence-electron chi connectivity index (χ1n) is 7.03. The van der Waals surface area contributed by atoms with Crippen LogP contribution in [0.5, 0.6) is 11.6 Å². The van der Waals surface area contributed by atoms with E-state index in [9.17, 15) is 0 Å². The van der Waals surface area contributed by atoms with Gasteiger partial charge in [0, 0.05) is 12.5 Å². The molecular formula is C16H21N3O2. The smallest absolute Gasteiger partial charge is 0.227 e. The molecule has 21 heavy (non-hydrogen) atoms. The number of nitrogens with zero attached hydrogens (tertiary/aromatic N) is 2. The van der Waals surface area contributed by atoms with E-state index in [-0.39, 0.29) is 12.5 Å². The zero-order chi connectivity index (χ0) is 15.4. The zero-order valence-electron chi connectivity index (χ0n) is 12.6. The Morgan fingerprint density at radius 3 is 2.43 bits per heavy atom. The summed E-state index contributed by atoms with van der Waals surface area (Å²) in [4.78, 5) is 8.71. The molecule has 0 bridgehead atoms. The van der Waals surface area contributed by atoms with Crippen LogP contribution in [0, 0.1) is 6.92 Å². The van der Waals surface area contributed by atoms with Crippen LogP contribution < -0.4 is 10.5 Å². The second-order valence-corrected chi connectivity index (χ2v) is 5.27. The average Bonchev–Trinajstić information content (AvgIpc) is 2.45. The van der Waals surface area contributed by atoms with Crippen LogP contribution >= 0.6 is 0 Å². The van der Waals surface area contributed by atoms with Crippen molar-refractivity contribution >= 4 is 5.82 Å². The second-order valence-electron chi connectivity index (χ2n) is 5.27. The van der Waals surface area contributed by atoms with Crippen molar-refractivity contribution in [3.05, 3.63) is 41.2 Å². The lowest BCUT2D eigenvalue weighted by Crippen LogP contribution is -2.06. The van der Waals surface area contributed by atoms with Crippen molar-refractivity contribution in [1.82, 2.24) is 9.97 Å². The molecule has 0 aliphatic rings. The van der Waals surface area contributed by atoms with E-state index in [1.807, 2.05) is 45.0 Å². The van der Waals surface area contributed by atoms with Crippen LogP contribution in [-0.4, -0.2) is 21.7 Å². The van der Waals surface area contributed by atoms with E-state index in [4.69, 9.17) is 15.6 Å². The minimum atomic E-state index is 0.138. The maximum Gasteiger partial charge on any atom is 0.227 e. The van der Waals surface area contributed by atoms with Crippen LogP contribution in [0.25, 0.3) is 0 Å². The number of nitrogen functional groups attached to an aromatic ring is 1. The Bertz CT molecular complexity index is 610. The molecular weight excluding hydrogens is 266 g/mol. The minimum Gasteiger partial charge on any atom is -0.439 e. The van der Waals surface area contributed by atoms with Gasteiger partial charge in [0.1, 0.15) is 17.4 Å². The first kappa shape index (κ1) is 15.3. The maximum absolute atomic E-state index is 8.91. The van der Waals surface area contributed by atoms with E-state index < -0.39 is 0 Å². The van der Waals surface area contributed by atoms with Crippen molar-refractivity contribution in [1.29, 1.82) is 0 Å². The predicted molar refractivity (Wildman–Crippen MR) is 82.6 cm³/mol. The molecule has 0 fully saturated rings. The zero-order valence-corrected chi connectivity index (χ0v) is 12.6. The van der Waals surface area contributed by atoms with Gasteiger partial charge in [-0.3, -0.25) is 0 Å². The van der Waals surface area contributed by atoms with Crippen LogP contribution in [0.2, 0.25) is 0 Å². The average molecular weight is 287 g/mol. The molecule has 1 aromatic heterocycles. The summed E-state index contributed by atoms with van der Waals surface area (Å²) < 4.78 is 5.82. The first-order valence-corrected chi connectivity index (χ1v) is 7.03. The Morgan fingerprint density at radius 2 is 1.86 bits per heavy atom. The predicted octanol–water partition coefficient (Wildman–Crippen LogP) is 2.82. The monoisotopic (exact) mass is 287 g/mol. The molecule has 0 aliphatic heterocycles. The lowest BCUT2D eigenvalue weighted by molar-refractivity contribution is 0.299. The first-order chi connectivity index (χ1) is 10.0.